The molecule has 0 saturated carbocycles. The second-order valence-electron chi connectivity index (χ2n) is 3.07. The third-order valence-electron chi connectivity index (χ3n) is 1.79. The van der Waals surface area contributed by atoms with E-state index in [1.165, 1.54) is 0 Å². The number of amides is 1. The van der Waals surface area contributed by atoms with Crippen LogP contribution < -0.4 is 5.32 Å². The zero-order valence-corrected chi connectivity index (χ0v) is 8.20. The predicted molar refractivity (Wildman–Crippen MR) is 48.4 cm³/mol. The average molecular weight is 188 g/mol. The first-order valence-electron chi connectivity index (χ1n) is 4.11. The van der Waals surface area contributed by atoms with Gasteiger partial charge in [-0.1, -0.05) is 0 Å². The lowest BCUT2D eigenvalue weighted by atomic mass is 10.3. The predicted octanol–water partition coefficient (Wildman–Crippen LogP) is -0.473. The van der Waals surface area contributed by atoms with Gasteiger partial charge >= 0.3 is 5.97 Å². The monoisotopic (exact) mass is 188 g/mol. The van der Waals surface area contributed by atoms with Crippen molar-refractivity contribution in [2.75, 3.05) is 20.6 Å². The molecule has 0 aromatic carbocycles. The van der Waals surface area contributed by atoms with Gasteiger partial charge in [0.15, 0.2) is 0 Å². The fraction of sp³-hybridized carbons (Fsp3) is 0.750. The van der Waals surface area contributed by atoms with E-state index in [4.69, 9.17) is 5.11 Å². The Balaban J connectivity index is 3.68. The summed E-state index contributed by atoms with van der Waals surface area (Å²) in [6.45, 7) is 1.95. The summed E-state index contributed by atoms with van der Waals surface area (Å²) < 4.78 is 0. The highest BCUT2D eigenvalue weighted by Gasteiger charge is 2.13. The van der Waals surface area contributed by atoms with Gasteiger partial charge in [0.05, 0.1) is 12.5 Å². The summed E-state index contributed by atoms with van der Waals surface area (Å²) in [5.74, 6) is -1.05. The highest BCUT2D eigenvalue weighted by molar-refractivity contribution is 5.81. The van der Waals surface area contributed by atoms with Crippen molar-refractivity contribution in [1.29, 1.82) is 0 Å². The molecule has 2 N–H and O–H groups in total. The van der Waals surface area contributed by atoms with Crippen LogP contribution in [-0.2, 0) is 9.59 Å². The molecule has 0 heterocycles. The van der Waals surface area contributed by atoms with Gasteiger partial charge in [0.1, 0.15) is 0 Å². The lowest BCUT2D eigenvalue weighted by molar-refractivity contribution is -0.137. The summed E-state index contributed by atoms with van der Waals surface area (Å²) in [4.78, 5) is 23.1. The first-order valence-corrected chi connectivity index (χ1v) is 4.11. The van der Waals surface area contributed by atoms with E-state index in [0.717, 1.165) is 0 Å². The third-order valence-corrected chi connectivity index (χ3v) is 1.79. The Bertz CT molecular complexity index is 192. The van der Waals surface area contributed by atoms with E-state index in [1.54, 1.807) is 25.9 Å². The van der Waals surface area contributed by atoms with Crippen molar-refractivity contribution in [3.05, 3.63) is 0 Å². The number of nitrogens with zero attached hydrogens (tertiary/aromatic N) is 1. The van der Waals surface area contributed by atoms with E-state index in [0.29, 0.717) is 0 Å². The summed E-state index contributed by atoms with van der Waals surface area (Å²) >= 11 is 0. The lowest BCUT2D eigenvalue weighted by Gasteiger charge is -2.18. The van der Waals surface area contributed by atoms with Gasteiger partial charge in [-0.3, -0.25) is 14.5 Å². The van der Waals surface area contributed by atoms with Crippen molar-refractivity contribution < 1.29 is 14.7 Å². The van der Waals surface area contributed by atoms with Crippen molar-refractivity contribution in [2.45, 2.75) is 19.4 Å². The molecule has 5 nitrogen and oxygen atoms in total. The number of hydrogen-bond acceptors (Lipinski definition) is 3. The summed E-state index contributed by atoms with van der Waals surface area (Å²) in [5.41, 5.74) is 0. The molecule has 0 aromatic heterocycles. The molecule has 0 spiro atoms. The molecule has 0 aliphatic rings. The van der Waals surface area contributed by atoms with E-state index in [-0.39, 0.29) is 24.9 Å². The van der Waals surface area contributed by atoms with Crippen molar-refractivity contribution in [1.82, 2.24) is 10.2 Å². The van der Waals surface area contributed by atoms with E-state index in [9.17, 15) is 9.59 Å². The molecule has 1 amide bonds. The van der Waals surface area contributed by atoms with Gasteiger partial charge in [-0.15, -0.1) is 0 Å². The molecular weight excluding hydrogens is 172 g/mol. The van der Waals surface area contributed by atoms with Crippen LogP contribution in [0.1, 0.15) is 13.3 Å². The highest BCUT2D eigenvalue weighted by Crippen LogP contribution is 1.90. The highest BCUT2D eigenvalue weighted by atomic mass is 16.4. The number of likely N-dealkylation sites (N-methyl/N-ethyl adjacent to an activating group) is 1. The van der Waals surface area contributed by atoms with Crippen LogP contribution in [0.15, 0.2) is 0 Å². The summed E-state index contributed by atoms with van der Waals surface area (Å²) in [5, 5.41) is 10.8. The third kappa shape index (κ3) is 5.19. The van der Waals surface area contributed by atoms with Crippen LogP contribution in [0.2, 0.25) is 0 Å². The van der Waals surface area contributed by atoms with Crippen LogP contribution >= 0.6 is 0 Å². The number of carbonyl (C=O) groups is 2. The molecule has 0 aliphatic heterocycles. The van der Waals surface area contributed by atoms with Crippen LogP contribution in [0.5, 0.6) is 0 Å². The first kappa shape index (κ1) is 11.9. The second-order valence-corrected chi connectivity index (χ2v) is 3.07. The van der Waals surface area contributed by atoms with E-state index in [1.807, 2.05) is 0 Å². The number of carboxylic acids is 1. The largest absolute Gasteiger partial charge is 0.481 e. The van der Waals surface area contributed by atoms with Gasteiger partial charge in [0.25, 0.3) is 0 Å². The van der Waals surface area contributed by atoms with E-state index >= 15 is 0 Å². The van der Waals surface area contributed by atoms with Crippen LogP contribution in [0.3, 0.4) is 0 Å². The summed E-state index contributed by atoms with van der Waals surface area (Å²) in [7, 11) is 3.59. The fourth-order valence-electron chi connectivity index (χ4n) is 0.675. The Labute approximate surface area is 77.7 Å². The molecule has 5 heteroatoms. The van der Waals surface area contributed by atoms with E-state index in [2.05, 4.69) is 5.32 Å². The molecule has 0 rings (SSSR count). The molecule has 0 bridgehead atoms. The number of aliphatic carboxylic acids is 1. The van der Waals surface area contributed by atoms with Crippen molar-refractivity contribution in [3.63, 3.8) is 0 Å². The van der Waals surface area contributed by atoms with Crippen molar-refractivity contribution in [2.24, 2.45) is 0 Å². The molecule has 0 fully saturated rings. The Kier molecular flexibility index (Phi) is 5.06. The Morgan fingerprint density at radius 3 is 2.38 bits per heavy atom. The molecular formula is C8H16N2O3. The Hall–Kier alpha value is -1.10. The molecule has 1 atom stereocenters. The van der Waals surface area contributed by atoms with Gasteiger partial charge in [0.2, 0.25) is 5.91 Å². The molecule has 0 radical (unpaired) electrons. The average Bonchev–Trinajstić information content (AvgIpc) is 2.02. The Morgan fingerprint density at radius 1 is 1.46 bits per heavy atom. The second kappa shape index (κ2) is 5.53. The minimum Gasteiger partial charge on any atom is -0.481 e. The zero-order chi connectivity index (χ0) is 10.4. The van der Waals surface area contributed by atoms with Crippen LogP contribution in [0.4, 0.5) is 0 Å². The molecule has 76 valence electrons. The number of carboxylic acid groups (broad SMARTS) is 1. The van der Waals surface area contributed by atoms with Crippen LogP contribution in [0, 0.1) is 0 Å². The van der Waals surface area contributed by atoms with Gasteiger partial charge in [0, 0.05) is 6.54 Å². The minimum atomic E-state index is -0.905. The normalized spacial score (nSPS) is 12.6. The molecule has 1 unspecified atom stereocenters. The van der Waals surface area contributed by atoms with Crippen LogP contribution in [0.25, 0.3) is 0 Å². The van der Waals surface area contributed by atoms with Gasteiger partial charge in [-0.05, 0) is 21.0 Å². The summed E-state index contributed by atoms with van der Waals surface area (Å²) in [6, 6.07) is -0.228. The Morgan fingerprint density at radius 2 is 2.00 bits per heavy atom. The minimum absolute atomic E-state index is 0.0358. The van der Waals surface area contributed by atoms with Crippen LogP contribution in [-0.4, -0.2) is 48.6 Å². The zero-order valence-electron chi connectivity index (χ0n) is 8.20. The fourth-order valence-corrected chi connectivity index (χ4v) is 0.675. The van der Waals surface area contributed by atoms with E-state index < -0.39 is 5.97 Å². The number of rotatable bonds is 5. The maximum Gasteiger partial charge on any atom is 0.305 e. The maximum absolute atomic E-state index is 11.2. The smallest absolute Gasteiger partial charge is 0.305 e. The summed E-state index contributed by atoms with van der Waals surface area (Å²) in [6.07, 6.45) is -0.0358. The molecule has 0 saturated heterocycles. The maximum atomic E-state index is 11.2. The van der Waals surface area contributed by atoms with Crippen molar-refractivity contribution in [3.8, 4) is 0 Å². The van der Waals surface area contributed by atoms with Gasteiger partial charge < -0.3 is 10.4 Å². The quantitative estimate of drug-likeness (QED) is 0.612. The SMILES string of the molecule is CC(C(=O)NCCC(=O)O)N(C)C. The van der Waals surface area contributed by atoms with Gasteiger partial charge in [-0.25, -0.2) is 0 Å². The first-order chi connectivity index (χ1) is 5.95. The number of hydrogen-bond donors (Lipinski definition) is 2. The molecule has 0 aromatic rings. The molecule has 13 heavy (non-hydrogen) atoms. The van der Waals surface area contributed by atoms with Gasteiger partial charge in [-0.2, -0.15) is 0 Å². The number of carbonyl (C=O) groups excluding carboxylic acids is 1. The number of nitrogens with one attached hydrogen (secondary N) is 1. The lowest BCUT2D eigenvalue weighted by Crippen LogP contribution is -2.42. The topological polar surface area (TPSA) is 69.6 Å². The molecule has 0 aliphatic carbocycles. The van der Waals surface area contributed by atoms with Crippen molar-refractivity contribution >= 4 is 11.9 Å². The standard InChI is InChI=1S/C8H16N2O3/c1-6(10(2)3)8(13)9-5-4-7(11)12/h6H,4-5H2,1-3H3,(H,9,13)(H,11,12).